The Morgan fingerprint density at radius 3 is 2.57 bits per heavy atom. The number of aliphatic hydroxyl groups is 1. The van der Waals surface area contributed by atoms with Gasteiger partial charge in [-0.05, 0) is 38.6 Å². The second kappa shape index (κ2) is 7.85. The number of hydrogen-bond donors (Lipinski definition) is 2. The first kappa shape index (κ1) is 17.1. The van der Waals surface area contributed by atoms with E-state index in [1.807, 2.05) is 50.2 Å². The topological polar surface area (TPSA) is 65.5 Å². The van der Waals surface area contributed by atoms with Gasteiger partial charge in [0.2, 0.25) is 5.91 Å². The third-order valence-electron chi connectivity index (χ3n) is 3.52. The maximum Gasteiger partial charge on any atom is 0.239 e. The number of aliphatic hydroxyl groups excluding tert-OH is 1. The van der Waals surface area contributed by atoms with Crippen LogP contribution in [-0.4, -0.2) is 41.0 Å². The Hall–Kier alpha value is -2.24. The lowest BCUT2D eigenvalue weighted by atomic mass is 10.1. The van der Waals surface area contributed by atoms with Crippen LogP contribution in [0.2, 0.25) is 0 Å². The number of nitrogens with one attached hydrogen (secondary N) is 1. The van der Waals surface area contributed by atoms with Gasteiger partial charge in [0.05, 0.1) is 12.6 Å². The van der Waals surface area contributed by atoms with Gasteiger partial charge in [0, 0.05) is 12.2 Å². The molecule has 2 N–H and O–H groups in total. The third kappa shape index (κ3) is 5.47. The molecule has 122 valence electrons. The van der Waals surface area contributed by atoms with Gasteiger partial charge in [-0.1, -0.05) is 35.9 Å². The van der Waals surface area contributed by atoms with Gasteiger partial charge in [-0.3, -0.25) is 9.69 Å². The first-order valence-corrected chi connectivity index (χ1v) is 7.61. The van der Waals surface area contributed by atoms with E-state index >= 15 is 0 Å². The number of nitrogens with zero attached hydrogens (tertiary/aromatic N) is 2. The maximum atomic E-state index is 12.0. The van der Waals surface area contributed by atoms with Gasteiger partial charge in [0.1, 0.15) is 5.82 Å². The van der Waals surface area contributed by atoms with Crippen molar-refractivity contribution in [3.63, 3.8) is 0 Å². The van der Waals surface area contributed by atoms with Gasteiger partial charge in [0.15, 0.2) is 0 Å². The van der Waals surface area contributed by atoms with Crippen LogP contribution in [0, 0.1) is 13.8 Å². The number of carbonyl (C=O) groups excluding carboxylic acids is 1. The molecule has 0 radical (unpaired) electrons. The van der Waals surface area contributed by atoms with Crippen molar-refractivity contribution in [1.29, 1.82) is 0 Å². The predicted octanol–water partition coefficient (Wildman–Crippen LogP) is 2.30. The van der Waals surface area contributed by atoms with Crippen LogP contribution >= 0.6 is 0 Å². The Morgan fingerprint density at radius 1 is 1.22 bits per heavy atom. The minimum absolute atomic E-state index is 0.151. The average molecular weight is 313 g/mol. The van der Waals surface area contributed by atoms with Crippen molar-refractivity contribution in [1.82, 2.24) is 9.88 Å². The van der Waals surface area contributed by atoms with Crippen LogP contribution in [0.15, 0.2) is 42.5 Å². The van der Waals surface area contributed by atoms with Crippen LogP contribution in [-0.2, 0) is 4.79 Å². The highest BCUT2D eigenvalue weighted by Crippen LogP contribution is 2.14. The van der Waals surface area contributed by atoms with E-state index in [4.69, 9.17) is 0 Å². The monoisotopic (exact) mass is 313 g/mol. The molecule has 0 bridgehead atoms. The highest BCUT2D eigenvalue weighted by molar-refractivity contribution is 5.91. The molecule has 0 aliphatic heterocycles. The summed E-state index contributed by atoms with van der Waals surface area (Å²) < 4.78 is 0. The number of carbonyl (C=O) groups is 1. The summed E-state index contributed by atoms with van der Waals surface area (Å²) in [6.45, 7) is 4.46. The predicted molar refractivity (Wildman–Crippen MR) is 91.2 cm³/mol. The molecule has 2 rings (SSSR count). The summed E-state index contributed by atoms with van der Waals surface area (Å²) in [6, 6.07) is 13.2. The van der Waals surface area contributed by atoms with Crippen molar-refractivity contribution in [2.24, 2.45) is 0 Å². The number of likely N-dealkylation sites (N-methyl/N-ethyl adjacent to an activating group) is 1. The van der Waals surface area contributed by atoms with E-state index < -0.39 is 6.10 Å². The smallest absolute Gasteiger partial charge is 0.239 e. The maximum absolute atomic E-state index is 12.0. The summed E-state index contributed by atoms with van der Waals surface area (Å²) in [4.78, 5) is 18.0. The van der Waals surface area contributed by atoms with Crippen molar-refractivity contribution in [3.05, 3.63) is 59.3 Å². The van der Waals surface area contributed by atoms with E-state index in [1.165, 1.54) is 0 Å². The average Bonchev–Trinajstić information content (AvgIpc) is 2.47. The van der Waals surface area contributed by atoms with E-state index in [2.05, 4.69) is 10.3 Å². The van der Waals surface area contributed by atoms with Crippen LogP contribution in [0.5, 0.6) is 0 Å². The SMILES string of the molecule is Cc1ccc(C(O)CN(C)CC(=O)Nc2cccc(C)n2)cc1. The van der Waals surface area contributed by atoms with E-state index in [0.29, 0.717) is 12.4 Å². The number of aromatic nitrogens is 1. The van der Waals surface area contributed by atoms with Gasteiger partial charge < -0.3 is 10.4 Å². The summed E-state index contributed by atoms with van der Waals surface area (Å²) >= 11 is 0. The minimum atomic E-state index is -0.620. The zero-order chi connectivity index (χ0) is 16.8. The largest absolute Gasteiger partial charge is 0.387 e. The standard InChI is InChI=1S/C18H23N3O2/c1-13-7-9-15(10-8-13)16(22)11-21(3)12-18(23)20-17-6-4-5-14(2)19-17/h4-10,16,22H,11-12H2,1-3H3,(H,19,20,23). The molecule has 0 saturated carbocycles. The number of hydrogen-bond acceptors (Lipinski definition) is 4. The second-order valence-electron chi connectivity index (χ2n) is 5.84. The van der Waals surface area contributed by atoms with E-state index in [9.17, 15) is 9.90 Å². The fraction of sp³-hybridized carbons (Fsp3) is 0.333. The molecule has 1 aromatic carbocycles. The number of amides is 1. The summed E-state index contributed by atoms with van der Waals surface area (Å²) in [6.07, 6.45) is -0.620. The van der Waals surface area contributed by atoms with Crippen LogP contribution in [0.25, 0.3) is 0 Å². The normalized spacial score (nSPS) is 12.2. The zero-order valence-electron chi connectivity index (χ0n) is 13.8. The number of anilines is 1. The summed E-state index contributed by atoms with van der Waals surface area (Å²) in [5.41, 5.74) is 2.86. The van der Waals surface area contributed by atoms with E-state index in [0.717, 1.165) is 16.8 Å². The van der Waals surface area contributed by atoms with Crippen LogP contribution in [0.3, 0.4) is 0 Å². The number of aryl methyl sites for hydroxylation is 2. The molecule has 0 fully saturated rings. The highest BCUT2D eigenvalue weighted by Gasteiger charge is 2.13. The Balaban J connectivity index is 1.85. The van der Waals surface area contributed by atoms with Crippen LogP contribution in [0.1, 0.15) is 22.9 Å². The number of benzene rings is 1. The molecule has 23 heavy (non-hydrogen) atoms. The lowest BCUT2D eigenvalue weighted by Gasteiger charge is -2.20. The Morgan fingerprint density at radius 2 is 1.91 bits per heavy atom. The third-order valence-corrected chi connectivity index (χ3v) is 3.52. The van der Waals surface area contributed by atoms with Crippen molar-refractivity contribution < 1.29 is 9.90 Å². The van der Waals surface area contributed by atoms with Crippen molar-refractivity contribution >= 4 is 11.7 Å². The fourth-order valence-electron chi connectivity index (χ4n) is 2.29. The van der Waals surface area contributed by atoms with Crippen molar-refractivity contribution in [3.8, 4) is 0 Å². The molecule has 1 heterocycles. The lowest BCUT2D eigenvalue weighted by Crippen LogP contribution is -2.33. The molecule has 0 aliphatic rings. The van der Waals surface area contributed by atoms with Gasteiger partial charge in [0.25, 0.3) is 0 Å². The molecule has 1 unspecified atom stereocenters. The van der Waals surface area contributed by atoms with E-state index in [-0.39, 0.29) is 12.5 Å². The molecule has 1 amide bonds. The Labute approximate surface area is 137 Å². The Bertz CT molecular complexity index is 656. The van der Waals surface area contributed by atoms with Gasteiger partial charge in [-0.25, -0.2) is 4.98 Å². The molecule has 0 saturated heterocycles. The van der Waals surface area contributed by atoms with Crippen LogP contribution in [0.4, 0.5) is 5.82 Å². The molecular formula is C18H23N3O2. The minimum Gasteiger partial charge on any atom is -0.387 e. The first-order valence-electron chi connectivity index (χ1n) is 7.61. The lowest BCUT2D eigenvalue weighted by molar-refractivity contribution is -0.117. The molecule has 5 nitrogen and oxygen atoms in total. The van der Waals surface area contributed by atoms with Gasteiger partial charge in [-0.2, -0.15) is 0 Å². The van der Waals surface area contributed by atoms with E-state index in [1.54, 1.807) is 18.0 Å². The summed E-state index contributed by atoms with van der Waals surface area (Å²) in [5.74, 6) is 0.393. The molecule has 1 aromatic heterocycles. The van der Waals surface area contributed by atoms with Crippen molar-refractivity contribution in [2.75, 3.05) is 25.5 Å². The van der Waals surface area contributed by atoms with Crippen molar-refractivity contribution in [2.45, 2.75) is 20.0 Å². The Kier molecular flexibility index (Phi) is 5.84. The summed E-state index contributed by atoms with van der Waals surface area (Å²) in [5, 5.41) is 13.0. The van der Waals surface area contributed by atoms with Gasteiger partial charge in [-0.15, -0.1) is 0 Å². The number of rotatable bonds is 6. The molecule has 1 atom stereocenters. The van der Waals surface area contributed by atoms with Gasteiger partial charge >= 0.3 is 0 Å². The first-order chi connectivity index (χ1) is 10.9. The van der Waals surface area contributed by atoms with Crippen LogP contribution < -0.4 is 5.32 Å². The highest BCUT2D eigenvalue weighted by atomic mass is 16.3. The molecule has 0 spiro atoms. The molecule has 2 aromatic rings. The summed E-state index contributed by atoms with van der Waals surface area (Å²) in [7, 11) is 1.81. The fourth-order valence-corrected chi connectivity index (χ4v) is 2.29. The molecule has 0 aliphatic carbocycles. The molecule has 5 heteroatoms. The second-order valence-corrected chi connectivity index (χ2v) is 5.84. The quantitative estimate of drug-likeness (QED) is 0.859. The molecular weight excluding hydrogens is 290 g/mol. The number of pyridine rings is 1. The zero-order valence-corrected chi connectivity index (χ0v) is 13.8.